The van der Waals surface area contributed by atoms with Crippen LogP contribution in [0.15, 0.2) is 4.79 Å². The Morgan fingerprint density at radius 2 is 2.07 bits per heavy atom. The Kier molecular flexibility index (Phi) is 2.17. The Labute approximate surface area is 86.9 Å². The number of carbonyl (C=O) groups is 1. The van der Waals surface area contributed by atoms with Crippen LogP contribution in [0.4, 0.5) is 0 Å². The fourth-order valence-electron chi connectivity index (χ4n) is 2.02. The lowest BCUT2D eigenvalue weighted by Gasteiger charge is -2.27. The van der Waals surface area contributed by atoms with Gasteiger partial charge in [0.25, 0.3) is 5.56 Å². The fourth-order valence-corrected chi connectivity index (χ4v) is 2.02. The molecule has 5 heteroatoms. The maximum Gasteiger partial charge on any atom is 0.343 e. The van der Waals surface area contributed by atoms with E-state index in [1.807, 2.05) is 0 Å². The van der Waals surface area contributed by atoms with E-state index in [1.54, 1.807) is 23.3 Å². The minimum atomic E-state index is -1.13. The molecule has 0 amide bonds. The van der Waals surface area contributed by atoms with Crippen LogP contribution in [-0.2, 0) is 7.05 Å². The Hall–Kier alpha value is -1.52. The van der Waals surface area contributed by atoms with Gasteiger partial charge in [-0.3, -0.25) is 9.48 Å². The third-order valence-corrected chi connectivity index (χ3v) is 3.23. The molecule has 1 N–H and O–H groups in total. The van der Waals surface area contributed by atoms with Crippen molar-refractivity contribution in [3.63, 3.8) is 0 Å². The molecule has 5 nitrogen and oxygen atoms in total. The third-order valence-electron chi connectivity index (χ3n) is 3.23. The summed E-state index contributed by atoms with van der Waals surface area (Å²) in [4.78, 5) is 22.8. The highest BCUT2D eigenvalue weighted by Crippen LogP contribution is 2.30. The summed E-state index contributed by atoms with van der Waals surface area (Å²) >= 11 is 0. The van der Waals surface area contributed by atoms with Gasteiger partial charge in [0.1, 0.15) is 5.56 Å². The standard InChI is InChI=1S/C10H14N2O3/c1-6-8(10(14)15)9(13)12(11(6)2)7-4-3-5-7/h7H,3-5H2,1-2H3,(H,14,15). The molecule has 1 aromatic rings. The quantitative estimate of drug-likeness (QED) is 0.789. The number of carboxylic acids is 1. The second-order valence-corrected chi connectivity index (χ2v) is 4.02. The van der Waals surface area contributed by atoms with Crippen molar-refractivity contribution in [2.45, 2.75) is 32.2 Å². The lowest BCUT2D eigenvalue weighted by Crippen LogP contribution is -2.32. The molecule has 0 saturated heterocycles. The average molecular weight is 210 g/mol. The molecule has 82 valence electrons. The molecular weight excluding hydrogens is 196 g/mol. The Balaban J connectivity index is 2.60. The molecule has 0 bridgehead atoms. The molecular formula is C10H14N2O3. The van der Waals surface area contributed by atoms with Crippen LogP contribution < -0.4 is 5.56 Å². The molecule has 0 radical (unpaired) electrons. The highest BCUT2D eigenvalue weighted by Gasteiger charge is 2.28. The number of hydrogen-bond acceptors (Lipinski definition) is 2. The van der Waals surface area contributed by atoms with Gasteiger partial charge in [0.15, 0.2) is 0 Å². The monoisotopic (exact) mass is 210 g/mol. The van der Waals surface area contributed by atoms with E-state index in [9.17, 15) is 9.59 Å². The maximum absolute atomic E-state index is 11.8. The van der Waals surface area contributed by atoms with Crippen LogP contribution in [0.25, 0.3) is 0 Å². The number of aromatic nitrogens is 2. The van der Waals surface area contributed by atoms with Crippen molar-refractivity contribution in [1.29, 1.82) is 0 Å². The normalized spacial score (nSPS) is 16.4. The van der Waals surface area contributed by atoms with Gasteiger partial charge in [-0.1, -0.05) is 0 Å². The van der Waals surface area contributed by atoms with Crippen LogP contribution in [0.5, 0.6) is 0 Å². The summed E-state index contributed by atoms with van der Waals surface area (Å²) in [6, 6.07) is 0.189. The van der Waals surface area contributed by atoms with Crippen molar-refractivity contribution in [2.75, 3.05) is 0 Å². The first-order chi connectivity index (χ1) is 7.04. The summed E-state index contributed by atoms with van der Waals surface area (Å²) in [5.74, 6) is -1.13. The highest BCUT2D eigenvalue weighted by molar-refractivity contribution is 5.88. The van der Waals surface area contributed by atoms with Crippen LogP contribution in [0.3, 0.4) is 0 Å². The molecule has 0 aliphatic heterocycles. The lowest BCUT2D eigenvalue weighted by molar-refractivity contribution is 0.0694. The highest BCUT2D eigenvalue weighted by atomic mass is 16.4. The second-order valence-electron chi connectivity index (χ2n) is 4.02. The fraction of sp³-hybridized carbons (Fsp3) is 0.600. The number of aromatic carboxylic acids is 1. The second kappa shape index (κ2) is 3.25. The molecule has 1 saturated carbocycles. The molecule has 2 rings (SSSR count). The van der Waals surface area contributed by atoms with E-state index in [0.717, 1.165) is 19.3 Å². The molecule has 0 unspecified atom stereocenters. The molecule has 0 atom stereocenters. The van der Waals surface area contributed by atoms with Crippen LogP contribution in [0.1, 0.15) is 41.4 Å². The van der Waals surface area contributed by atoms with E-state index < -0.39 is 5.97 Å². The molecule has 1 aromatic heterocycles. The van der Waals surface area contributed by atoms with Gasteiger partial charge in [-0.2, -0.15) is 0 Å². The van der Waals surface area contributed by atoms with Crippen molar-refractivity contribution in [3.8, 4) is 0 Å². The third kappa shape index (κ3) is 1.30. The minimum absolute atomic E-state index is 0.0931. The van der Waals surface area contributed by atoms with Gasteiger partial charge in [-0.15, -0.1) is 0 Å². The molecule has 1 heterocycles. The van der Waals surface area contributed by atoms with Crippen molar-refractivity contribution in [2.24, 2.45) is 7.05 Å². The van der Waals surface area contributed by atoms with Crippen LogP contribution >= 0.6 is 0 Å². The predicted molar refractivity (Wildman–Crippen MR) is 54.3 cm³/mol. The largest absolute Gasteiger partial charge is 0.477 e. The van der Waals surface area contributed by atoms with E-state index in [4.69, 9.17) is 5.11 Å². The molecule has 1 aliphatic rings. The zero-order chi connectivity index (χ0) is 11.2. The first-order valence-corrected chi connectivity index (χ1v) is 5.05. The zero-order valence-electron chi connectivity index (χ0n) is 8.86. The van der Waals surface area contributed by atoms with Crippen molar-refractivity contribution >= 4 is 5.97 Å². The SMILES string of the molecule is Cc1c(C(=O)O)c(=O)n(C2CCC2)n1C. The molecule has 15 heavy (non-hydrogen) atoms. The van der Waals surface area contributed by atoms with Gasteiger partial charge in [-0.25, -0.2) is 9.48 Å². The van der Waals surface area contributed by atoms with Crippen molar-refractivity contribution in [1.82, 2.24) is 9.36 Å². The van der Waals surface area contributed by atoms with Crippen LogP contribution in [0.2, 0.25) is 0 Å². The van der Waals surface area contributed by atoms with E-state index in [2.05, 4.69) is 0 Å². The van der Waals surface area contributed by atoms with E-state index in [1.165, 1.54) is 0 Å². The molecule has 1 fully saturated rings. The lowest BCUT2D eigenvalue weighted by atomic mass is 9.93. The molecule has 1 aliphatic carbocycles. The predicted octanol–water partition coefficient (Wildman–Crippen LogP) is 0.918. The van der Waals surface area contributed by atoms with Gasteiger partial charge >= 0.3 is 5.97 Å². The summed E-state index contributed by atoms with van der Waals surface area (Å²) in [5.41, 5.74) is 0.0657. The van der Waals surface area contributed by atoms with Gasteiger partial charge in [-0.05, 0) is 26.2 Å². The Morgan fingerprint density at radius 3 is 2.40 bits per heavy atom. The van der Waals surface area contributed by atoms with E-state index >= 15 is 0 Å². The number of rotatable bonds is 2. The van der Waals surface area contributed by atoms with Gasteiger partial charge in [0.2, 0.25) is 0 Å². The van der Waals surface area contributed by atoms with Crippen LogP contribution in [0, 0.1) is 6.92 Å². The maximum atomic E-state index is 11.8. The molecule has 0 aromatic carbocycles. The topological polar surface area (TPSA) is 64.2 Å². The van der Waals surface area contributed by atoms with Gasteiger partial charge < -0.3 is 5.11 Å². The van der Waals surface area contributed by atoms with Gasteiger partial charge in [0, 0.05) is 7.05 Å². The smallest absolute Gasteiger partial charge is 0.343 e. The van der Waals surface area contributed by atoms with E-state index in [0.29, 0.717) is 5.69 Å². The summed E-state index contributed by atoms with van der Waals surface area (Å²) in [6.07, 6.45) is 3.05. The van der Waals surface area contributed by atoms with Crippen LogP contribution in [-0.4, -0.2) is 20.4 Å². The molecule has 0 spiro atoms. The average Bonchev–Trinajstić information content (AvgIpc) is 2.27. The Morgan fingerprint density at radius 1 is 1.47 bits per heavy atom. The first-order valence-electron chi connectivity index (χ1n) is 5.05. The van der Waals surface area contributed by atoms with Crippen molar-refractivity contribution in [3.05, 3.63) is 21.6 Å². The summed E-state index contributed by atoms with van der Waals surface area (Å²) in [5, 5.41) is 8.93. The van der Waals surface area contributed by atoms with Crippen molar-refractivity contribution < 1.29 is 9.90 Å². The number of carboxylic acid groups (broad SMARTS) is 1. The summed E-state index contributed by atoms with van der Waals surface area (Å²) < 4.78 is 3.23. The summed E-state index contributed by atoms with van der Waals surface area (Å²) in [6.45, 7) is 1.67. The zero-order valence-corrected chi connectivity index (χ0v) is 8.86. The Bertz CT molecular complexity index is 466. The van der Waals surface area contributed by atoms with E-state index in [-0.39, 0.29) is 17.2 Å². The number of hydrogen-bond donors (Lipinski definition) is 1. The minimum Gasteiger partial charge on any atom is -0.477 e. The first kappa shape index (κ1) is 10.0. The number of nitrogens with zero attached hydrogens (tertiary/aromatic N) is 2. The summed E-state index contributed by atoms with van der Waals surface area (Å²) in [7, 11) is 1.74. The van der Waals surface area contributed by atoms with Gasteiger partial charge in [0.05, 0.1) is 11.7 Å².